The summed E-state index contributed by atoms with van der Waals surface area (Å²) in [5.41, 5.74) is 13.8. The molecule has 0 amide bonds. The first-order chi connectivity index (χ1) is 34.6. The Morgan fingerprint density at radius 3 is 1.65 bits per heavy atom. The van der Waals surface area contributed by atoms with Crippen molar-refractivity contribution in [2.45, 2.75) is 117 Å². The average molecular weight is 1150 g/mol. The first kappa shape index (κ1) is 52.2. The van der Waals surface area contributed by atoms with Crippen LogP contribution in [0.15, 0.2) is 176 Å². The molecule has 3 heterocycles. The molecule has 10 rings (SSSR count). The molecule has 1 aliphatic rings. The largest absolute Gasteiger partial charge is 0.509 e. The minimum atomic E-state index is -0.396. The number of fused-ring (bicyclic) bond motifs is 3. The third-order valence-corrected chi connectivity index (χ3v) is 15.0. The molecule has 9 aromatic rings. The fraction of sp³-hybridized carbons (Fsp3) is 0.265. The van der Waals surface area contributed by atoms with Gasteiger partial charge in [-0.25, -0.2) is 4.98 Å². The Labute approximate surface area is 455 Å². The van der Waals surface area contributed by atoms with Crippen molar-refractivity contribution in [2.75, 3.05) is 9.80 Å². The number of aromatic nitrogens is 2. The van der Waals surface area contributed by atoms with Gasteiger partial charge in [0.1, 0.15) is 5.82 Å². The Morgan fingerprint density at radius 1 is 0.473 bits per heavy atom. The summed E-state index contributed by atoms with van der Waals surface area (Å²) in [6.45, 7) is 31.9. The van der Waals surface area contributed by atoms with Crippen molar-refractivity contribution in [3.05, 3.63) is 239 Å². The summed E-state index contributed by atoms with van der Waals surface area (Å²) in [4.78, 5) is 9.53. The first-order valence-corrected chi connectivity index (χ1v) is 25.8. The molecule has 0 spiro atoms. The molecule has 0 saturated carbocycles. The van der Waals surface area contributed by atoms with Crippen LogP contribution in [0, 0.1) is 18.8 Å². The van der Waals surface area contributed by atoms with Gasteiger partial charge in [0.05, 0.1) is 0 Å². The van der Waals surface area contributed by atoms with Gasteiger partial charge in [-0.1, -0.05) is 205 Å². The van der Waals surface area contributed by atoms with Crippen LogP contribution in [0.5, 0.6) is 11.5 Å². The molecule has 6 heteroatoms. The van der Waals surface area contributed by atoms with Gasteiger partial charge in [-0.05, 0) is 103 Å². The molecular weight excluding hydrogens is 1080 g/mol. The molecule has 0 N–H and O–H groups in total. The number of benzene rings is 7. The second-order valence-corrected chi connectivity index (χ2v) is 24.0. The summed E-state index contributed by atoms with van der Waals surface area (Å²) in [6.07, 6.45) is 4.18. The average Bonchev–Trinajstić information content (AvgIpc) is 3.96. The van der Waals surface area contributed by atoms with E-state index in [4.69, 9.17) is 9.72 Å². The molecule has 0 saturated heterocycles. The van der Waals surface area contributed by atoms with Gasteiger partial charge in [0.25, 0.3) is 0 Å². The smallest absolute Gasteiger partial charge is 0.135 e. The molecular formula is C68H69N4OPt-3. The molecule has 0 aliphatic carbocycles. The van der Waals surface area contributed by atoms with Gasteiger partial charge in [-0.15, -0.1) is 53.6 Å². The van der Waals surface area contributed by atoms with Crippen molar-refractivity contribution in [2.24, 2.45) is 0 Å². The van der Waals surface area contributed by atoms with Crippen molar-refractivity contribution in [1.82, 2.24) is 9.55 Å². The topological polar surface area (TPSA) is 33.5 Å². The van der Waals surface area contributed by atoms with Crippen molar-refractivity contribution in [1.29, 1.82) is 0 Å². The zero-order valence-electron chi connectivity index (χ0n) is 45.3. The number of hydrogen-bond acceptors (Lipinski definition) is 4. The third kappa shape index (κ3) is 10.1. The van der Waals surface area contributed by atoms with E-state index in [1.54, 1.807) is 0 Å². The van der Waals surface area contributed by atoms with E-state index < -0.39 is 5.41 Å². The zero-order valence-corrected chi connectivity index (χ0v) is 47.6. The first-order valence-electron chi connectivity index (χ1n) is 25.8. The van der Waals surface area contributed by atoms with Gasteiger partial charge in [0.15, 0.2) is 0 Å². The molecule has 7 aromatic carbocycles. The molecule has 5 nitrogen and oxygen atoms in total. The van der Waals surface area contributed by atoms with E-state index in [0.29, 0.717) is 11.5 Å². The van der Waals surface area contributed by atoms with Crippen LogP contribution in [0.2, 0.25) is 0 Å². The molecule has 0 atom stereocenters. The quantitative estimate of drug-likeness (QED) is 0.128. The van der Waals surface area contributed by atoms with Gasteiger partial charge < -0.3 is 19.1 Å². The molecule has 1 aliphatic heterocycles. The number of pyridine rings is 1. The fourth-order valence-electron chi connectivity index (χ4n) is 10.1. The van der Waals surface area contributed by atoms with E-state index in [1.807, 2.05) is 12.3 Å². The Bertz CT molecular complexity index is 3510. The maximum absolute atomic E-state index is 7.08. The molecule has 0 bridgehead atoms. The summed E-state index contributed by atoms with van der Waals surface area (Å²) in [5, 5.41) is 2.25. The standard InChI is InChI=1S/C68H69N4O.Pt/c1-64(2,3)49-29-32-60-59(40-49)58-31-30-56(43-61(58)72(60)63-41-50(33-34-69-63)65(4,5)6)73-57-39-53(68(12,13)48-27-21-16-22-28-48)38-55(42-57)71-45-70(44-62(71)46-23-17-14-18-24-46)54-36-51(66(7,8)9)35-52(37-54)67(10,11)47-25-19-15-20-26-47;/h14-41,44-45H,1-13H3;/q-3;. The molecule has 2 aromatic heterocycles. The van der Waals surface area contributed by atoms with E-state index in [0.717, 1.165) is 55.8 Å². The Kier molecular flexibility index (Phi) is 13.8. The van der Waals surface area contributed by atoms with Gasteiger partial charge in [0.2, 0.25) is 0 Å². The van der Waals surface area contributed by atoms with Crippen LogP contribution in [0.3, 0.4) is 0 Å². The zero-order chi connectivity index (χ0) is 51.7. The maximum atomic E-state index is 7.08. The number of hydrogen-bond donors (Lipinski definition) is 0. The number of anilines is 2. The monoisotopic (exact) mass is 1150 g/mol. The Hall–Kier alpha value is -6.68. The normalized spacial score (nSPS) is 13.6. The predicted molar refractivity (Wildman–Crippen MR) is 306 cm³/mol. The SMILES string of the molecule is CC(C)(C)c1cc(N2C=C(c3ccccc3)N(c3[c-]c(Oc4[c-]c5c(cc4)c4cc(C(C)(C)C)ccc4n5-c4cc(C(C)(C)C)ccn4)cc(C(C)(C)c4ccccc4)c3)[CH-]2)cc(C(C)(C)c2ccccc2)c1.[Pt]. The van der Waals surface area contributed by atoms with Crippen LogP contribution in [0.4, 0.5) is 11.4 Å². The Morgan fingerprint density at radius 2 is 1.04 bits per heavy atom. The molecule has 380 valence electrons. The van der Waals surface area contributed by atoms with Crippen LogP contribution in [0.25, 0.3) is 33.3 Å². The molecule has 0 unspecified atom stereocenters. The summed E-state index contributed by atoms with van der Waals surface area (Å²) in [5.74, 6) is 2.04. The van der Waals surface area contributed by atoms with Gasteiger partial charge >= 0.3 is 0 Å². The van der Waals surface area contributed by atoms with E-state index in [9.17, 15) is 0 Å². The minimum Gasteiger partial charge on any atom is -0.509 e. The minimum absolute atomic E-state index is 0. The summed E-state index contributed by atoms with van der Waals surface area (Å²) in [7, 11) is 0. The van der Waals surface area contributed by atoms with Crippen LogP contribution in [-0.2, 0) is 48.1 Å². The fourth-order valence-corrected chi connectivity index (χ4v) is 10.1. The van der Waals surface area contributed by atoms with Crippen LogP contribution in [-0.4, -0.2) is 9.55 Å². The number of nitrogens with zero attached hydrogens (tertiary/aromatic N) is 4. The number of rotatable bonds is 10. The Balaban J connectivity index is 0.00000672. The van der Waals surface area contributed by atoms with Gasteiger partial charge in [0, 0.05) is 61.1 Å². The molecule has 74 heavy (non-hydrogen) atoms. The maximum Gasteiger partial charge on any atom is 0.135 e. The van der Waals surface area contributed by atoms with Crippen molar-refractivity contribution in [3.8, 4) is 17.3 Å². The second kappa shape index (κ2) is 19.5. The predicted octanol–water partition coefficient (Wildman–Crippen LogP) is 17.6. The number of ether oxygens (including phenoxy) is 1. The summed E-state index contributed by atoms with van der Waals surface area (Å²) < 4.78 is 9.33. The van der Waals surface area contributed by atoms with Gasteiger partial charge in [-0.2, -0.15) is 6.07 Å². The molecule has 0 fully saturated rings. The van der Waals surface area contributed by atoms with E-state index >= 15 is 0 Å². The van der Waals surface area contributed by atoms with Crippen molar-refractivity contribution >= 4 is 38.9 Å². The summed E-state index contributed by atoms with van der Waals surface area (Å²) >= 11 is 0. The van der Waals surface area contributed by atoms with Crippen LogP contribution < -0.4 is 14.5 Å². The summed E-state index contributed by atoms with van der Waals surface area (Å²) in [6, 6.07) is 66.7. The van der Waals surface area contributed by atoms with E-state index in [2.05, 4.69) is 287 Å². The molecule has 0 radical (unpaired) electrons. The van der Waals surface area contributed by atoms with Crippen LogP contribution >= 0.6 is 0 Å². The van der Waals surface area contributed by atoms with Crippen LogP contribution in [0.1, 0.15) is 135 Å². The van der Waals surface area contributed by atoms with E-state index in [-0.39, 0.29) is 42.7 Å². The van der Waals surface area contributed by atoms with E-state index in [1.165, 1.54) is 33.4 Å². The second-order valence-electron chi connectivity index (χ2n) is 24.0. The van der Waals surface area contributed by atoms with Gasteiger partial charge in [-0.3, -0.25) is 0 Å². The van der Waals surface area contributed by atoms with Crippen molar-refractivity contribution < 1.29 is 25.8 Å². The van der Waals surface area contributed by atoms with Crippen molar-refractivity contribution in [3.63, 3.8) is 0 Å². The third-order valence-electron chi connectivity index (χ3n) is 15.0.